The molecule has 0 saturated carbocycles. The van der Waals surface area contributed by atoms with Gasteiger partial charge in [0, 0.05) is 9.52 Å². The molecular weight excluding hydrogens is 767 g/mol. The molecule has 0 amide bonds. The van der Waals surface area contributed by atoms with E-state index in [0.717, 1.165) is 22.4 Å². The summed E-state index contributed by atoms with van der Waals surface area (Å²) in [6, 6.07) is 40.6. The summed E-state index contributed by atoms with van der Waals surface area (Å²) in [6.07, 6.45) is 2.25. The van der Waals surface area contributed by atoms with Gasteiger partial charge in [-0.25, -0.2) is 0 Å². The maximum atomic E-state index is 4.93. The average Bonchev–Trinajstić information content (AvgIpc) is 3.72. The van der Waals surface area contributed by atoms with Gasteiger partial charge in [-0.2, -0.15) is 12.1 Å². The van der Waals surface area contributed by atoms with Crippen LogP contribution in [0.1, 0.15) is 91.5 Å². The van der Waals surface area contributed by atoms with Gasteiger partial charge in [-0.3, -0.25) is 0 Å². The number of hydrogen-bond donors (Lipinski definition) is 0. The van der Waals surface area contributed by atoms with Gasteiger partial charge < -0.3 is 0 Å². The Balaban J connectivity index is 0.000000244. The predicted molar refractivity (Wildman–Crippen MR) is 234 cm³/mol. The van der Waals surface area contributed by atoms with Crippen LogP contribution in [-0.4, -0.2) is 9.52 Å². The summed E-state index contributed by atoms with van der Waals surface area (Å²) in [7, 11) is 11.0. The molecule has 0 heterocycles. The van der Waals surface area contributed by atoms with Crippen LogP contribution in [0.25, 0.3) is 43.8 Å². The number of rotatable bonds is 6. The van der Waals surface area contributed by atoms with Crippen molar-refractivity contribution in [1.29, 1.82) is 0 Å². The van der Waals surface area contributed by atoms with Crippen molar-refractivity contribution in [2.24, 2.45) is 11.8 Å². The van der Waals surface area contributed by atoms with Crippen molar-refractivity contribution >= 4 is 48.1 Å². The number of fused-ring (bicyclic) bond motifs is 2. The quantitative estimate of drug-likeness (QED) is 0.116. The van der Waals surface area contributed by atoms with E-state index in [1.165, 1.54) is 66.1 Å². The van der Waals surface area contributed by atoms with Crippen LogP contribution < -0.4 is 0 Å². The molecule has 0 spiro atoms. The molecule has 6 aromatic carbocycles. The standard InChI is InChI=1S/2C23H27.C2H6Si.2ClH.Zr/c2*1-16(2)13-17-9-6-7-11-20(17)21-12-8-10-18-14-19(15-22(18)21)23(3,4)5;1-3-2;;;/h2*6-12,14-16H,13H2,1-5H3;1-2H3;2*1H;/q2*-1;;;;+4/p-2. The molecule has 0 saturated heterocycles. The summed E-state index contributed by atoms with van der Waals surface area (Å²) in [4.78, 5) is 0. The molecule has 52 heavy (non-hydrogen) atoms. The van der Waals surface area contributed by atoms with Crippen LogP contribution in [-0.2, 0) is 44.5 Å². The second-order valence-electron chi connectivity index (χ2n) is 16.7. The number of halogens is 2. The van der Waals surface area contributed by atoms with E-state index in [4.69, 9.17) is 17.0 Å². The first-order chi connectivity index (χ1) is 24.5. The van der Waals surface area contributed by atoms with Gasteiger partial charge in [-0.05, 0) is 57.8 Å². The van der Waals surface area contributed by atoms with Crippen LogP contribution >= 0.6 is 17.0 Å². The van der Waals surface area contributed by atoms with E-state index in [1.807, 2.05) is 0 Å². The Morgan fingerprint density at radius 3 is 1.15 bits per heavy atom. The van der Waals surface area contributed by atoms with Crippen molar-refractivity contribution in [3.05, 3.63) is 131 Å². The molecule has 6 rings (SSSR count). The van der Waals surface area contributed by atoms with Crippen LogP contribution in [0.4, 0.5) is 0 Å². The Morgan fingerprint density at radius 1 is 0.538 bits per heavy atom. The molecule has 0 aromatic heterocycles. The van der Waals surface area contributed by atoms with Crippen molar-refractivity contribution in [2.75, 3.05) is 0 Å². The van der Waals surface area contributed by atoms with Gasteiger partial charge in [0.05, 0.1) is 0 Å². The van der Waals surface area contributed by atoms with Crippen molar-refractivity contribution in [3.8, 4) is 22.3 Å². The molecule has 0 N–H and O–H groups in total. The van der Waals surface area contributed by atoms with Crippen molar-refractivity contribution < 1.29 is 20.8 Å². The monoisotopic (exact) mass is 824 g/mol. The van der Waals surface area contributed by atoms with Crippen LogP contribution in [0.2, 0.25) is 13.1 Å². The predicted octanol–water partition coefficient (Wildman–Crippen LogP) is 15.6. The summed E-state index contributed by atoms with van der Waals surface area (Å²) in [5.74, 6) is 1.33. The zero-order valence-corrected chi connectivity index (χ0v) is 38.7. The number of hydrogen-bond acceptors (Lipinski definition) is 0. The molecule has 0 unspecified atom stereocenters. The van der Waals surface area contributed by atoms with E-state index in [-0.39, 0.29) is 10.8 Å². The Kier molecular flexibility index (Phi) is 17.4. The first-order valence-electron chi connectivity index (χ1n) is 18.7. The summed E-state index contributed by atoms with van der Waals surface area (Å²) in [5.41, 5.74) is 11.6. The van der Waals surface area contributed by atoms with E-state index in [9.17, 15) is 0 Å². The molecule has 0 aliphatic rings. The molecule has 274 valence electrons. The normalized spacial score (nSPS) is 11.4. The van der Waals surface area contributed by atoms with E-state index in [0.29, 0.717) is 11.8 Å². The molecule has 4 heteroatoms. The summed E-state index contributed by atoms with van der Waals surface area (Å²) in [5, 5.41) is 5.47. The number of benzene rings is 4. The SMILES string of the molecule is CC(C)Cc1ccccc1-c1cccc2[cH-]c(C(C)(C)C)cc12.CC(C)Cc1ccccc1-c1cccc2[cH-]c(C(C)(C)C)cc12.C[Si]C.[Cl][Zr+2][Cl]. The van der Waals surface area contributed by atoms with E-state index in [1.54, 1.807) is 0 Å². The van der Waals surface area contributed by atoms with E-state index >= 15 is 0 Å². The second-order valence-corrected chi connectivity index (χ2v) is 21.4. The summed E-state index contributed by atoms with van der Waals surface area (Å²) >= 11 is -0.826. The molecule has 0 nitrogen and oxygen atoms in total. The fourth-order valence-electron chi connectivity index (χ4n) is 6.61. The molecule has 0 bridgehead atoms. The third-order valence-electron chi connectivity index (χ3n) is 9.10. The van der Waals surface area contributed by atoms with Crippen molar-refractivity contribution in [1.82, 2.24) is 0 Å². The Bertz CT molecular complexity index is 1820. The van der Waals surface area contributed by atoms with Gasteiger partial charge in [0.1, 0.15) is 0 Å². The Labute approximate surface area is 338 Å². The molecule has 2 radical (unpaired) electrons. The second kappa shape index (κ2) is 20.5. The summed E-state index contributed by atoms with van der Waals surface area (Å²) < 4.78 is 0. The molecular formula is C48H60Cl2SiZr. The first-order valence-corrected chi connectivity index (χ1v) is 27.0. The zero-order chi connectivity index (χ0) is 38.6. The molecule has 0 aliphatic carbocycles. The van der Waals surface area contributed by atoms with Gasteiger partial charge in [0.2, 0.25) is 0 Å². The third kappa shape index (κ3) is 12.4. The van der Waals surface area contributed by atoms with Crippen LogP contribution in [0.3, 0.4) is 0 Å². The first kappa shape index (κ1) is 44.2. The topological polar surface area (TPSA) is 0 Å². The molecule has 0 fully saturated rings. The van der Waals surface area contributed by atoms with Crippen LogP contribution in [0.15, 0.2) is 109 Å². The van der Waals surface area contributed by atoms with E-state index in [2.05, 4.69) is 192 Å². The average molecular weight is 827 g/mol. The van der Waals surface area contributed by atoms with Crippen LogP contribution in [0, 0.1) is 11.8 Å². The fraction of sp³-hybridized carbons (Fsp3) is 0.375. The molecule has 0 aliphatic heterocycles. The third-order valence-corrected chi connectivity index (χ3v) is 9.10. The van der Waals surface area contributed by atoms with Gasteiger partial charge in [-0.1, -0.05) is 154 Å². The van der Waals surface area contributed by atoms with Gasteiger partial charge >= 0.3 is 37.9 Å². The van der Waals surface area contributed by atoms with Crippen molar-refractivity contribution in [2.45, 2.75) is 106 Å². The van der Waals surface area contributed by atoms with Gasteiger partial charge in [0.25, 0.3) is 0 Å². The molecule has 0 atom stereocenters. The van der Waals surface area contributed by atoms with E-state index < -0.39 is 20.8 Å². The fourth-order valence-corrected chi connectivity index (χ4v) is 6.61. The van der Waals surface area contributed by atoms with Crippen molar-refractivity contribution in [3.63, 3.8) is 0 Å². The minimum absolute atomic E-state index is 0.188. The maximum absolute atomic E-state index is 4.93. The van der Waals surface area contributed by atoms with Gasteiger partial charge in [-0.15, -0.1) is 69.1 Å². The minimum atomic E-state index is -0.826. The Morgan fingerprint density at radius 2 is 0.846 bits per heavy atom. The Hall–Kier alpha value is -2.22. The molecule has 6 aromatic rings. The zero-order valence-electron chi connectivity index (χ0n) is 33.7. The summed E-state index contributed by atoms with van der Waals surface area (Å²) in [6.45, 7) is 27.2. The van der Waals surface area contributed by atoms with Gasteiger partial charge in [0.15, 0.2) is 0 Å². The van der Waals surface area contributed by atoms with Crippen LogP contribution in [0.5, 0.6) is 0 Å².